The molecule has 1 aromatic carbocycles. The molecule has 2 rings (SSSR count). The molecule has 0 unspecified atom stereocenters. The highest BCUT2D eigenvalue weighted by Crippen LogP contribution is 2.20. The van der Waals surface area contributed by atoms with E-state index in [0.29, 0.717) is 5.69 Å². The molecule has 0 bridgehead atoms. The van der Waals surface area contributed by atoms with Gasteiger partial charge in [0.05, 0.1) is 6.57 Å². The van der Waals surface area contributed by atoms with Crippen molar-refractivity contribution in [2.45, 2.75) is 26.2 Å². The van der Waals surface area contributed by atoms with Crippen LogP contribution in [0.4, 0.5) is 5.69 Å². The van der Waals surface area contributed by atoms with Gasteiger partial charge in [-0.05, 0) is 43.9 Å². The Balaban J connectivity index is 1.98. The van der Waals surface area contributed by atoms with E-state index in [1.54, 1.807) is 0 Å². The van der Waals surface area contributed by atoms with Crippen LogP contribution in [0.15, 0.2) is 36.4 Å². The van der Waals surface area contributed by atoms with Crippen LogP contribution >= 0.6 is 11.6 Å². The van der Waals surface area contributed by atoms with Crippen molar-refractivity contribution in [3.8, 4) is 0 Å². The van der Waals surface area contributed by atoms with Gasteiger partial charge in [0.1, 0.15) is 0 Å². The zero-order valence-corrected chi connectivity index (χ0v) is 11.6. The van der Waals surface area contributed by atoms with Crippen LogP contribution in [0.25, 0.3) is 4.85 Å². The largest absolute Gasteiger partial charge is 0.270 e. The first-order valence-electron chi connectivity index (χ1n) is 6.27. The highest BCUT2D eigenvalue weighted by Gasteiger charge is 2.04. The molecule has 0 atom stereocenters. The predicted octanol–water partition coefficient (Wildman–Crippen LogP) is 4.77. The number of pyridine rings is 1. The first-order valence-corrected chi connectivity index (χ1v) is 6.65. The number of halogens is 1. The quantitative estimate of drug-likeness (QED) is 0.732. The highest BCUT2D eigenvalue weighted by atomic mass is 35.5. The normalized spacial score (nSPS) is 10.2. The van der Waals surface area contributed by atoms with E-state index in [9.17, 15) is 0 Å². The van der Waals surface area contributed by atoms with Crippen molar-refractivity contribution in [3.63, 3.8) is 0 Å². The van der Waals surface area contributed by atoms with Gasteiger partial charge in [0.15, 0.2) is 0 Å². The molecule has 1 aromatic heterocycles. The lowest BCUT2D eigenvalue weighted by Gasteiger charge is -2.05. The molecule has 3 heteroatoms. The first-order chi connectivity index (χ1) is 9.19. The summed E-state index contributed by atoms with van der Waals surface area (Å²) in [5.74, 6) is 0. The van der Waals surface area contributed by atoms with Gasteiger partial charge < -0.3 is 0 Å². The van der Waals surface area contributed by atoms with Gasteiger partial charge in [0.2, 0.25) is 5.69 Å². The van der Waals surface area contributed by atoms with Gasteiger partial charge in [0.25, 0.3) is 0 Å². The second-order valence-electron chi connectivity index (χ2n) is 4.51. The number of aryl methyl sites for hydroxylation is 3. The minimum Gasteiger partial charge on any atom is -0.270 e. The molecule has 96 valence electrons. The third-order valence-corrected chi connectivity index (χ3v) is 3.25. The minimum absolute atomic E-state index is 0.668. The number of nitrogens with zero attached hydrogens (tertiary/aromatic N) is 2. The van der Waals surface area contributed by atoms with Crippen LogP contribution in [0.5, 0.6) is 0 Å². The predicted molar refractivity (Wildman–Crippen MR) is 78.7 cm³/mol. The summed E-state index contributed by atoms with van der Waals surface area (Å²) >= 11 is 5.86. The van der Waals surface area contributed by atoms with E-state index < -0.39 is 0 Å². The van der Waals surface area contributed by atoms with E-state index in [-0.39, 0.29) is 0 Å². The van der Waals surface area contributed by atoms with Crippen LogP contribution < -0.4 is 0 Å². The molecule has 0 spiro atoms. The van der Waals surface area contributed by atoms with Crippen LogP contribution in [-0.2, 0) is 12.8 Å². The zero-order chi connectivity index (χ0) is 13.7. The van der Waals surface area contributed by atoms with Crippen molar-refractivity contribution < 1.29 is 0 Å². The number of aromatic nitrogens is 1. The Kier molecular flexibility index (Phi) is 4.54. The minimum atomic E-state index is 0.668. The maximum atomic E-state index is 7.15. The fourth-order valence-corrected chi connectivity index (χ4v) is 2.13. The second-order valence-corrected chi connectivity index (χ2v) is 4.95. The molecule has 0 fully saturated rings. The van der Waals surface area contributed by atoms with E-state index in [1.165, 1.54) is 5.56 Å². The van der Waals surface area contributed by atoms with Crippen molar-refractivity contribution in [2.24, 2.45) is 0 Å². The van der Waals surface area contributed by atoms with E-state index >= 15 is 0 Å². The molecule has 0 saturated heterocycles. The Labute approximate surface area is 118 Å². The zero-order valence-electron chi connectivity index (χ0n) is 10.9. The van der Waals surface area contributed by atoms with E-state index in [4.69, 9.17) is 18.2 Å². The van der Waals surface area contributed by atoms with Gasteiger partial charge in [-0.1, -0.05) is 35.9 Å². The standard InChI is InChI=1S/C16H15ClN2/c1-12-6-11-15(18-2)16(19-12)5-3-4-13-7-9-14(17)10-8-13/h6-11H,3-5H2,1H3. The molecule has 0 radical (unpaired) electrons. The Morgan fingerprint density at radius 1 is 1.11 bits per heavy atom. The highest BCUT2D eigenvalue weighted by molar-refractivity contribution is 6.30. The van der Waals surface area contributed by atoms with Crippen molar-refractivity contribution in [2.75, 3.05) is 0 Å². The SMILES string of the molecule is [C-]#[N+]c1ccc(C)nc1CCCc1ccc(Cl)cc1. The van der Waals surface area contributed by atoms with Crippen LogP contribution in [0.2, 0.25) is 5.02 Å². The van der Waals surface area contributed by atoms with Crippen molar-refractivity contribution in [3.05, 3.63) is 69.8 Å². The third-order valence-electron chi connectivity index (χ3n) is 3.00. The van der Waals surface area contributed by atoms with Crippen LogP contribution in [-0.4, -0.2) is 4.98 Å². The summed E-state index contributed by atoms with van der Waals surface area (Å²) in [6.07, 6.45) is 2.80. The van der Waals surface area contributed by atoms with Gasteiger partial charge in [-0.2, -0.15) is 0 Å². The number of hydrogen-bond donors (Lipinski definition) is 0. The average Bonchev–Trinajstić information content (AvgIpc) is 2.41. The summed E-state index contributed by atoms with van der Waals surface area (Å²) in [6, 6.07) is 11.6. The fourth-order valence-electron chi connectivity index (χ4n) is 2.00. The van der Waals surface area contributed by atoms with E-state index in [1.807, 2.05) is 43.3 Å². The summed E-state index contributed by atoms with van der Waals surface area (Å²) in [7, 11) is 0. The summed E-state index contributed by atoms with van der Waals surface area (Å²) in [4.78, 5) is 7.97. The Morgan fingerprint density at radius 3 is 2.53 bits per heavy atom. The molecule has 0 aliphatic heterocycles. The monoisotopic (exact) mass is 270 g/mol. The van der Waals surface area contributed by atoms with Crippen molar-refractivity contribution >= 4 is 17.3 Å². The summed E-state index contributed by atoms with van der Waals surface area (Å²) in [5.41, 5.74) is 3.81. The van der Waals surface area contributed by atoms with Gasteiger partial charge in [-0.15, -0.1) is 0 Å². The molecule has 0 aliphatic carbocycles. The molecular weight excluding hydrogens is 256 g/mol. The molecule has 0 N–H and O–H groups in total. The van der Waals surface area contributed by atoms with Crippen LogP contribution in [0.1, 0.15) is 23.4 Å². The smallest absolute Gasteiger partial charge is 0.208 e. The van der Waals surface area contributed by atoms with Crippen molar-refractivity contribution in [1.82, 2.24) is 4.98 Å². The Morgan fingerprint density at radius 2 is 1.84 bits per heavy atom. The van der Waals surface area contributed by atoms with Crippen molar-refractivity contribution in [1.29, 1.82) is 0 Å². The second kappa shape index (κ2) is 6.36. The lowest BCUT2D eigenvalue weighted by atomic mass is 10.1. The average molecular weight is 271 g/mol. The van der Waals surface area contributed by atoms with E-state index in [2.05, 4.69) is 9.83 Å². The molecule has 2 aromatic rings. The molecule has 0 aliphatic rings. The molecule has 19 heavy (non-hydrogen) atoms. The van der Waals surface area contributed by atoms with Gasteiger partial charge in [-0.3, -0.25) is 4.98 Å². The summed E-state index contributed by atoms with van der Waals surface area (Å²) < 4.78 is 0. The molecule has 2 nitrogen and oxygen atoms in total. The van der Waals surface area contributed by atoms with Gasteiger partial charge in [0, 0.05) is 16.4 Å². The molecule has 1 heterocycles. The Hall–Kier alpha value is -1.85. The molecular formula is C16H15ClN2. The summed E-state index contributed by atoms with van der Waals surface area (Å²) in [5, 5.41) is 0.763. The first kappa shape index (κ1) is 13.6. The topological polar surface area (TPSA) is 17.2 Å². The molecule has 0 amide bonds. The van der Waals surface area contributed by atoms with E-state index in [0.717, 1.165) is 35.7 Å². The van der Waals surface area contributed by atoms with Crippen LogP contribution in [0.3, 0.4) is 0 Å². The lowest BCUT2D eigenvalue weighted by Crippen LogP contribution is -1.95. The Bertz CT molecular complexity index is 597. The van der Waals surface area contributed by atoms with Crippen LogP contribution in [0, 0.1) is 13.5 Å². The van der Waals surface area contributed by atoms with Gasteiger partial charge >= 0.3 is 0 Å². The fraction of sp³-hybridized carbons (Fsp3) is 0.250. The molecule has 0 saturated carbocycles. The van der Waals surface area contributed by atoms with Gasteiger partial charge in [-0.25, -0.2) is 4.85 Å². The maximum absolute atomic E-state index is 7.15. The summed E-state index contributed by atoms with van der Waals surface area (Å²) in [6.45, 7) is 9.10. The lowest BCUT2D eigenvalue weighted by molar-refractivity contribution is 0.798. The number of rotatable bonds is 4. The number of benzene rings is 1. The maximum Gasteiger partial charge on any atom is 0.208 e. The third kappa shape index (κ3) is 3.81. The number of hydrogen-bond acceptors (Lipinski definition) is 1.